The van der Waals surface area contributed by atoms with Crippen LogP contribution in [0, 0.1) is 0 Å². The van der Waals surface area contributed by atoms with Crippen LogP contribution in [0.15, 0.2) is 42.6 Å². The van der Waals surface area contributed by atoms with E-state index < -0.39 is 12.1 Å². The standard InChI is InChI=1S/C15H14N2O4/c1-20-14-8-10(6-7-16-14)17-9-13(15(18)19)21-12-5-3-2-4-11(12)17/h2-8,13H,9H2,1H3,(H,18,19). The van der Waals surface area contributed by atoms with E-state index in [2.05, 4.69) is 4.98 Å². The molecular weight excluding hydrogens is 272 g/mol. The maximum atomic E-state index is 11.3. The molecule has 2 heterocycles. The number of aliphatic carboxylic acids is 1. The van der Waals surface area contributed by atoms with Crippen molar-refractivity contribution in [1.29, 1.82) is 0 Å². The van der Waals surface area contributed by atoms with Crippen LogP contribution in [-0.4, -0.2) is 35.8 Å². The van der Waals surface area contributed by atoms with Gasteiger partial charge in [0.25, 0.3) is 0 Å². The molecule has 1 aromatic carbocycles. The Kier molecular flexibility index (Phi) is 3.35. The van der Waals surface area contributed by atoms with E-state index in [1.165, 1.54) is 0 Å². The number of para-hydroxylation sites is 2. The van der Waals surface area contributed by atoms with Gasteiger partial charge in [-0.3, -0.25) is 0 Å². The highest BCUT2D eigenvalue weighted by molar-refractivity contribution is 5.79. The number of rotatable bonds is 3. The summed E-state index contributed by atoms with van der Waals surface area (Å²) >= 11 is 0. The lowest BCUT2D eigenvalue weighted by Crippen LogP contribution is -2.42. The Morgan fingerprint density at radius 3 is 3.00 bits per heavy atom. The van der Waals surface area contributed by atoms with Gasteiger partial charge < -0.3 is 19.5 Å². The zero-order valence-electron chi connectivity index (χ0n) is 11.4. The SMILES string of the molecule is COc1cc(N2CC(C(=O)O)Oc3ccccc32)ccn1. The Morgan fingerprint density at radius 2 is 2.24 bits per heavy atom. The first-order valence-electron chi connectivity index (χ1n) is 6.45. The number of carboxylic acid groups (broad SMARTS) is 1. The molecule has 0 bridgehead atoms. The minimum Gasteiger partial charge on any atom is -0.481 e. The van der Waals surface area contributed by atoms with Gasteiger partial charge in [-0.15, -0.1) is 0 Å². The zero-order chi connectivity index (χ0) is 14.8. The van der Waals surface area contributed by atoms with Crippen LogP contribution in [0.5, 0.6) is 11.6 Å². The van der Waals surface area contributed by atoms with Crippen LogP contribution in [-0.2, 0) is 4.79 Å². The quantitative estimate of drug-likeness (QED) is 0.931. The Bertz CT molecular complexity index is 674. The number of carbonyl (C=O) groups is 1. The van der Waals surface area contributed by atoms with Gasteiger partial charge in [-0.25, -0.2) is 9.78 Å². The number of anilines is 2. The van der Waals surface area contributed by atoms with E-state index in [1.54, 1.807) is 25.4 Å². The molecule has 6 nitrogen and oxygen atoms in total. The van der Waals surface area contributed by atoms with Gasteiger partial charge in [0.1, 0.15) is 5.75 Å². The molecule has 2 aromatic rings. The van der Waals surface area contributed by atoms with Crippen molar-refractivity contribution in [2.75, 3.05) is 18.6 Å². The molecule has 0 saturated heterocycles. The average Bonchev–Trinajstić information content (AvgIpc) is 2.53. The summed E-state index contributed by atoms with van der Waals surface area (Å²) < 4.78 is 10.6. The molecular formula is C15H14N2O4. The van der Waals surface area contributed by atoms with Gasteiger partial charge in [-0.05, 0) is 18.2 Å². The van der Waals surface area contributed by atoms with Crippen molar-refractivity contribution in [3.63, 3.8) is 0 Å². The molecule has 1 atom stereocenters. The number of methoxy groups -OCH3 is 1. The third kappa shape index (κ3) is 2.47. The fraction of sp³-hybridized carbons (Fsp3) is 0.200. The molecule has 0 amide bonds. The summed E-state index contributed by atoms with van der Waals surface area (Å²) in [6.45, 7) is 0.222. The topological polar surface area (TPSA) is 71.9 Å². The van der Waals surface area contributed by atoms with Crippen molar-refractivity contribution >= 4 is 17.3 Å². The molecule has 21 heavy (non-hydrogen) atoms. The number of pyridine rings is 1. The maximum absolute atomic E-state index is 11.3. The van der Waals surface area contributed by atoms with Crippen molar-refractivity contribution in [3.8, 4) is 11.6 Å². The molecule has 0 saturated carbocycles. The molecule has 0 fully saturated rings. The van der Waals surface area contributed by atoms with Crippen molar-refractivity contribution < 1.29 is 19.4 Å². The molecule has 1 aliphatic heterocycles. The van der Waals surface area contributed by atoms with Crippen molar-refractivity contribution in [1.82, 2.24) is 4.98 Å². The first-order valence-corrected chi connectivity index (χ1v) is 6.45. The van der Waals surface area contributed by atoms with E-state index in [9.17, 15) is 9.90 Å². The van der Waals surface area contributed by atoms with E-state index in [0.29, 0.717) is 11.6 Å². The third-order valence-corrected chi connectivity index (χ3v) is 3.29. The first kappa shape index (κ1) is 13.2. The fourth-order valence-electron chi connectivity index (χ4n) is 2.29. The zero-order valence-corrected chi connectivity index (χ0v) is 11.4. The summed E-state index contributed by atoms with van der Waals surface area (Å²) in [7, 11) is 1.54. The van der Waals surface area contributed by atoms with Crippen LogP contribution < -0.4 is 14.4 Å². The molecule has 0 aliphatic carbocycles. The van der Waals surface area contributed by atoms with Gasteiger partial charge in [-0.1, -0.05) is 12.1 Å². The van der Waals surface area contributed by atoms with Crippen LogP contribution >= 0.6 is 0 Å². The lowest BCUT2D eigenvalue weighted by atomic mass is 10.1. The summed E-state index contributed by atoms with van der Waals surface area (Å²) in [6.07, 6.45) is 0.709. The van der Waals surface area contributed by atoms with Crippen LogP contribution in [0.1, 0.15) is 0 Å². The molecule has 6 heteroatoms. The normalized spacial score (nSPS) is 16.8. The van der Waals surface area contributed by atoms with Gasteiger partial charge >= 0.3 is 5.97 Å². The molecule has 1 aliphatic rings. The smallest absolute Gasteiger partial charge is 0.346 e. The van der Waals surface area contributed by atoms with Crippen LogP contribution in [0.3, 0.4) is 0 Å². The highest BCUT2D eigenvalue weighted by Gasteiger charge is 2.31. The van der Waals surface area contributed by atoms with Gasteiger partial charge in [-0.2, -0.15) is 0 Å². The van der Waals surface area contributed by atoms with E-state index in [-0.39, 0.29) is 6.54 Å². The minimum atomic E-state index is -0.990. The number of hydrogen-bond acceptors (Lipinski definition) is 5. The Hall–Kier alpha value is -2.76. The molecule has 0 spiro atoms. The molecule has 0 radical (unpaired) electrons. The molecule has 1 unspecified atom stereocenters. The van der Waals surface area contributed by atoms with E-state index in [0.717, 1.165) is 11.4 Å². The number of ether oxygens (including phenoxy) is 2. The molecule has 1 N–H and O–H groups in total. The summed E-state index contributed by atoms with van der Waals surface area (Å²) in [5, 5.41) is 9.24. The fourth-order valence-corrected chi connectivity index (χ4v) is 2.29. The predicted octanol–water partition coefficient (Wildman–Crippen LogP) is 2.07. The maximum Gasteiger partial charge on any atom is 0.346 e. The third-order valence-electron chi connectivity index (χ3n) is 3.29. The number of hydrogen-bond donors (Lipinski definition) is 1. The first-order chi connectivity index (χ1) is 10.2. The monoisotopic (exact) mass is 286 g/mol. The lowest BCUT2D eigenvalue weighted by molar-refractivity contribution is -0.144. The second-order valence-corrected chi connectivity index (χ2v) is 4.58. The van der Waals surface area contributed by atoms with Crippen LogP contribution in [0.2, 0.25) is 0 Å². The second kappa shape index (κ2) is 5.32. The number of aromatic nitrogens is 1. The largest absolute Gasteiger partial charge is 0.481 e. The highest BCUT2D eigenvalue weighted by atomic mass is 16.5. The van der Waals surface area contributed by atoms with E-state index >= 15 is 0 Å². The number of carboxylic acids is 1. The van der Waals surface area contributed by atoms with Gasteiger partial charge in [0.2, 0.25) is 12.0 Å². The van der Waals surface area contributed by atoms with E-state index in [1.807, 2.05) is 29.2 Å². The minimum absolute atomic E-state index is 0.222. The lowest BCUT2D eigenvalue weighted by Gasteiger charge is -2.34. The Labute approximate surface area is 121 Å². The molecule has 3 rings (SSSR count). The number of nitrogens with zero attached hydrogens (tertiary/aromatic N) is 2. The van der Waals surface area contributed by atoms with Gasteiger partial charge in [0.05, 0.1) is 19.3 Å². The molecule has 108 valence electrons. The Balaban J connectivity index is 2.05. The van der Waals surface area contributed by atoms with Gasteiger partial charge in [0.15, 0.2) is 0 Å². The Morgan fingerprint density at radius 1 is 1.43 bits per heavy atom. The summed E-state index contributed by atoms with van der Waals surface area (Å²) in [5.74, 6) is 0.0331. The molecule has 1 aromatic heterocycles. The van der Waals surface area contributed by atoms with Crippen molar-refractivity contribution in [3.05, 3.63) is 42.6 Å². The van der Waals surface area contributed by atoms with Crippen molar-refractivity contribution in [2.24, 2.45) is 0 Å². The van der Waals surface area contributed by atoms with Crippen molar-refractivity contribution in [2.45, 2.75) is 6.10 Å². The number of benzene rings is 1. The number of fused-ring (bicyclic) bond motifs is 1. The van der Waals surface area contributed by atoms with E-state index in [4.69, 9.17) is 9.47 Å². The predicted molar refractivity (Wildman–Crippen MR) is 76.3 cm³/mol. The van der Waals surface area contributed by atoms with Gasteiger partial charge in [0, 0.05) is 18.0 Å². The van der Waals surface area contributed by atoms with Crippen LogP contribution in [0.25, 0.3) is 0 Å². The average molecular weight is 286 g/mol. The summed E-state index contributed by atoms with van der Waals surface area (Å²) in [5.41, 5.74) is 1.63. The summed E-state index contributed by atoms with van der Waals surface area (Å²) in [4.78, 5) is 17.2. The summed E-state index contributed by atoms with van der Waals surface area (Å²) in [6, 6.07) is 10.9. The highest BCUT2D eigenvalue weighted by Crippen LogP contribution is 2.38. The van der Waals surface area contributed by atoms with Crippen LogP contribution in [0.4, 0.5) is 11.4 Å². The second-order valence-electron chi connectivity index (χ2n) is 4.58.